The van der Waals surface area contributed by atoms with E-state index in [-0.39, 0.29) is 0 Å². The van der Waals surface area contributed by atoms with Crippen molar-refractivity contribution in [2.24, 2.45) is 11.7 Å². The summed E-state index contributed by atoms with van der Waals surface area (Å²) in [5, 5.41) is 8.73. The average Bonchev–Trinajstić information content (AvgIpc) is 2.06. The Bertz CT molecular complexity index is 161. The molecular formula is C9H16N2. The van der Waals surface area contributed by atoms with E-state index in [0.717, 1.165) is 31.6 Å². The maximum atomic E-state index is 8.73. The summed E-state index contributed by atoms with van der Waals surface area (Å²) in [5.41, 5.74) is 5.32. The van der Waals surface area contributed by atoms with Crippen LogP contribution < -0.4 is 5.73 Å². The van der Waals surface area contributed by atoms with Crippen molar-refractivity contribution in [1.82, 2.24) is 0 Å². The number of nitriles is 1. The van der Waals surface area contributed by atoms with Gasteiger partial charge in [-0.25, -0.2) is 0 Å². The average molecular weight is 152 g/mol. The fraction of sp³-hybridized carbons (Fsp3) is 0.889. The molecular weight excluding hydrogens is 136 g/mol. The van der Waals surface area contributed by atoms with Crippen LogP contribution in [0, 0.1) is 17.2 Å². The summed E-state index contributed by atoms with van der Waals surface area (Å²) >= 11 is 0. The maximum absolute atomic E-state index is 8.73. The largest absolute Gasteiger partial charge is 0.313 e. The molecule has 62 valence electrons. The summed E-state index contributed by atoms with van der Waals surface area (Å²) in [4.78, 5) is 0. The van der Waals surface area contributed by atoms with Crippen molar-refractivity contribution < 1.29 is 0 Å². The standard InChI is InChI=1S/C9H16N2/c1-2-8-3-5-9(11,7-10)6-4-8/h8H,2-6,11H2,1H3. The monoisotopic (exact) mass is 152 g/mol. The number of hydrogen-bond donors (Lipinski definition) is 1. The predicted octanol–water partition coefficient (Wildman–Crippen LogP) is 1.81. The van der Waals surface area contributed by atoms with Gasteiger partial charge in [0.1, 0.15) is 5.54 Å². The third kappa shape index (κ3) is 1.94. The first-order valence-corrected chi connectivity index (χ1v) is 4.40. The fourth-order valence-corrected chi connectivity index (χ4v) is 1.71. The van der Waals surface area contributed by atoms with E-state index in [0.29, 0.717) is 0 Å². The lowest BCUT2D eigenvalue weighted by Crippen LogP contribution is -2.41. The zero-order valence-corrected chi connectivity index (χ0v) is 7.14. The van der Waals surface area contributed by atoms with Crippen LogP contribution in [0.4, 0.5) is 0 Å². The molecule has 0 atom stereocenters. The van der Waals surface area contributed by atoms with E-state index in [4.69, 9.17) is 11.0 Å². The summed E-state index contributed by atoms with van der Waals surface area (Å²) in [6.07, 6.45) is 5.30. The van der Waals surface area contributed by atoms with E-state index >= 15 is 0 Å². The lowest BCUT2D eigenvalue weighted by atomic mass is 9.77. The number of rotatable bonds is 1. The zero-order chi connectivity index (χ0) is 8.32. The molecule has 0 saturated heterocycles. The van der Waals surface area contributed by atoms with Crippen LogP contribution in [0.1, 0.15) is 39.0 Å². The van der Waals surface area contributed by atoms with Gasteiger partial charge in [-0.3, -0.25) is 0 Å². The van der Waals surface area contributed by atoms with Crippen LogP contribution in [0.15, 0.2) is 0 Å². The highest BCUT2D eigenvalue weighted by Crippen LogP contribution is 2.31. The molecule has 1 aliphatic rings. The SMILES string of the molecule is CCC1CCC(N)(C#N)CC1. The second-order valence-electron chi connectivity index (χ2n) is 3.62. The Labute approximate surface area is 68.4 Å². The lowest BCUT2D eigenvalue weighted by molar-refractivity contribution is 0.275. The molecule has 0 radical (unpaired) electrons. The van der Waals surface area contributed by atoms with Gasteiger partial charge in [-0.1, -0.05) is 13.3 Å². The molecule has 0 aromatic rings. The fourth-order valence-electron chi connectivity index (χ4n) is 1.71. The summed E-state index contributed by atoms with van der Waals surface area (Å²) < 4.78 is 0. The van der Waals surface area contributed by atoms with Gasteiger partial charge in [0, 0.05) is 0 Å². The Morgan fingerprint density at radius 3 is 2.45 bits per heavy atom. The van der Waals surface area contributed by atoms with Gasteiger partial charge in [0.05, 0.1) is 6.07 Å². The predicted molar refractivity (Wildman–Crippen MR) is 44.8 cm³/mol. The molecule has 0 unspecified atom stereocenters. The zero-order valence-electron chi connectivity index (χ0n) is 7.14. The van der Waals surface area contributed by atoms with Gasteiger partial charge in [0.25, 0.3) is 0 Å². The Morgan fingerprint density at radius 1 is 1.55 bits per heavy atom. The molecule has 1 aliphatic carbocycles. The Hall–Kier alpha value is -0.550. The molecule has 1 fully saturated rings. The van der Waals surface area contributed by atoms with Gasteiger partial charge in [0.15, 0.2) is 0 Å². The van der Waals surface area contributed by atoms with Gasteiger partial charge in [0.2, 0.25) is 0 Å². The Kier molecular flexibility index (Phi) is 2.51. The summed E-state index contributed by atoms with van der Waals surface area (Å²) in [5.74, 6) is 0.819. The van der Waals surface area contributed by atoms with Crippen molar-refractivity contribution in [2.45, 2.75) is 44.6 Å². The highest BCUT2D eigenvalue weighted by atomic mass is 14.7. The van der Waals surface area contributed by atoms with Crippen LogP contribution >= 0.6 is 0 Å². The smallest absolute Gasteiger partial charge is 0.104 e. The Balaban J connectivity index is 2.43. The quantitative estimate of drug-likeness (QED) is 0.623. The van der Waals surface area contributed by atoms with Crippen molar-refractivity contribution in [3.05, 3.63) is 0 Å². The first-order chi connectivity index (χ1) is 5.20. The molecule has 0 aromatic carbocycles. The molecule has 2 heteroatoms. The van der Waals surface area contributed by atoms with Gasteiger partial charge in [-0.15, -0.1) is 0 Å². The molecule has 0 bridgehead atoms. The highest BCUT2D eigenvalue weighted by molar-refractivity contribution is 5.06. The molecule has 0 spiro atoms. The number of nitrogens with two attached hydrogens (primary N) is 1. The van der Waals surface area contributed by atoms with Crippen molar-refractivity contribution in [2.75, 3.05) is 0 Å². The maximum Gasteiger partial charge on any atom is 0.104 e. The van der Waals surface area contributed by atoms with Crippen LogP contribution in [-0.4, -0.2) is 5.54 Å². The summed E-state index contributed by atoms with van der Waals surface area (Å²) in [6.45, 7) is 2.21. The summed E-state index contributed by atoms with van der Waals surface area (Å²) in [6, 6.07) is 2.20. The number of hydrogen-bond acceptors (Lipinski definition) is 2. The van der Waals surface area contributed by atoms with Gasteiger partial charge in [-0.05, 0) is 31.6 Å². The number of nitrogens with zero attached hydrogens (tertiary/aromatic N) is 1. The Morgan fingerprint density at radius 2 is 2.09 bits per heavy atom. The van der Waals surface area contributed by atoms with Crippen LogP contribution in [-0.2, 0) is 0 Å². The van der Waals surface area contributed by atoms with Crippen LogP contribution in [0.25, 0.3) is 0 Å². The molecule has 11 heavy (non-hydrogen) atoms. The van der Waals surface area contributed by atoms with E-state index in [1.54, 1.807) is 0 Å². The van der Waals surface area contributed by atoms with E-state index in [1.807, 2.05) is 0 Å². The van der Waals surface area contributed by atoms with E-state index < -0.39 is 5.54 Å². The first-order valence-electron chi connectivity index (χ1n) is 4.40. The molecule has 0 heterocycles. The molecule has 0 aromatic heterocycles. The first kappa shape index (κ1) is 8.55. The molecule has 2 nitrogen and oxygen atoms in total. The molecule has 2 N–H and O–H groups in total. The summed E-state index contributed by atoms with van der Waals surface area (Å²) in [7, 11) is 0. The molecule has 1 saturated carbocycles. The van der Waals surface area contributed by atoms with Gasteiger partial charge in [-0.2, -0.15) is 5.26 Å². The topological polar surface area (TPSA) is 49.8 Å². The molecule has 0 amide bonds. The van der Waals surface area contributed by atoms with Crippen molar-refractivity contribution >= 4 is 0 Å². The molecule has 0 aliphatic heterocycles. The van der Waals surface area contributed by atoms with Crippen molar-refractivity contribution in [1.29, 1.82) is 5.26 Å². The van der Waals surface area contributed by atoms with E-state index in [9.17, 15) is 0 Å². The lowest BCUT2D eigenvalue weighted by Gasteiger charge is -2.31. The third-order valence-electron chi connectivity index (χ3n) is 2.80. The van der Waals surface area contributed by atoms with Crippen LogP contribution in [0.5, 0.6) is 0 Å². The van der Waals surface area contributed by atoms with E-state index in [1.165, 1.54) is 6.42 Å². The normalized spacial score (nSPS) is 38.1. The minimum absolute atomic E-state index is 0.494. The highest BCUT2D eigenvalue weighted by Gasteiger charge is 2.30. The van der Waals surface area contributed by atoms with Crippen molar-refractivity contribution in [3.63, 3.8) is 0 Å². The second kappa shape index (κ2) is 3.23. The second-order valence-corrected chi connectivity index (χ2v) is 3.62. The minimum Gasteiger partial charge on any atom is -0.313 e. The molecule has 1 rings (SSSR count). The van der Waals surface area contributed by atoms with Crippen LogP contribution in [0.2, 0.25) is 0 Å². The minimum atomic E-state index is -0.494. The van der Waals surface area contributed by atoms with Gasteiger partial charge >= 0.3 is 0 Å². The van der Waals surface area contributed by atoms with Gasteiger partial charge < -0.3 is 5.73 Å². The van der Waals surface area contributed by atoms with E-state index in [2.05, 4.69) is 13.0 Å². The van der Waals surface area contributed by atoms with Crippen molar-refractivity contribution in [3.8, 4) is 6.07 Å². The third-order valence-corrected chi connectivity index (χ3v) is 2.80. The van der Waals surface area contributed by atoms with Crippen LogP contribution in [0.3, 0.4) is 0 Å².